The quantitative estimate of drug-likeness (QED) is 0.882. The number of carbonyl (C=O) groups excluding carboxylic acids is 1. The molecule has 1 aliphatic rings. The Morgan fingerprint density at radius 2 is 2.04 bits per heavy atom. The summed E-state index contributed by atoms with van der Waals surface area (Å²) < 4.78 is 0. The molecule has 6 heteroatoms. The molecule has 1 aliphatic heterocycles. The molecule has 1 amide bonds. The zero-order valence-corrected chi connectivity index (χ0v) is 13.5. The van der Waals surface area contributed by atoms with Crippen LogP contribution in [0.25, 0.3) is 11.4 Å². The standard InChI is InChI=1S/C17H23N5O/c1-18-10-7-15(23)22-11-8-14(9-12-22)17-19-16(20-21-17)13-5-3-2-4-6-13/h2-6,14,18H,7-12H2,1H3,(H,19,20,21). The number of aromatic amines is 1. The lowest BCUT2D eigenvalue weighted by molar-refractivity contribution is -0.132. The van der Waals surface area contributed by atoms with Crippen LogP contribution in [-0.2, 0) is 4.79 Å². The van der Waals surface area contributed by atoms with Crippen LogP contribution in [0.1, 0.15) is 31.0 Å². The number of benzene rings is 1. The van der Waals surface area contributed by atoms with Crippen LogP contribution in [0.15, 0.2) is 30.3 Å². The molecule has 0 unspecified atom stereocenters. The van der Waals surface area contributed by atoms with E-state index in [2.05, 4.69) is 20.5 Å². The van der Waals surface area contributed by atoms with Crippen molar-refractivity contribution in [1.29, 1.82) is 0 Å². The van der Waals surface area contributed by atoms with Crippen LogP contribution >= 0.6 is 0 Å². The Morgan fingerprint density at radius 1 is 1.30 bits per heavy atom. The second-order valence-corrected chi connectivity index (χ2v) is 5.92. The van der Waals surface area contributed by atoms with Crippen LogP contribution in [0.3, 0.4) is 0 Å². The average Bonchev–Trinajstić information content (AvgIpc) is 3.11. The second kappa shape index (κ2) is 7.37. The molecule has 1 saturated heterocycles. The number of hydrogen-bond donors (Lipinski definition) is 2. The normalized spacial score (nSPS) is 15.8. The van der Waals surface area contributed by atoms with Gasteiger partial charge in [0.25, 0.3) is 0 Å². The van der Waals surface area contributed by atoms with Crippen LogP contribution in [0, 0.1) is 0 Å². The minimum Gasteiger partial charge on any atom is -0.343 e. The predicted molar refractivity (Wildman–Crippen MR) is 88.9 cm³/mol. The Morgan fingerprint density at radius 3 is 2.74 bits per heavy atom. The molecule has 122 valence electrons. The Labute approximate surface area is 136 Å². The van der Waals surface area contributed by atoms with Gasteiger partial charge in [-0.3, -0.25) is 9.89 Å². The van der Waals surface area contributed by atoms with Gasteiger partial charge in [-0.25, -0.2) is 4.98 Å². The zero-order valence-electron chi connectivity index (χ0n) is 13.5. The first-order chi connectivity index (χ1) is 11.3. The lowest BCUT2D eigenvalue weighted by atomic mass is 9.96. The number of hydrogen-bond acceptors (Lipinski definition) is 4. The lowest BCUT2D eigenvalue weighted by Gasteiger charge is -2.31. The van der Waals surface area contributed by atoms with Gasteiger partial charge in [-0.15, -0.1) is 0 Å². The molecule has 0 radical (unpaired) electrons. The molecule has 0 aliphatic carbocycles. The third-order valence-electron chi connectivity index (χ3n) is 4.36. The minimum atomic E-state index is 0.236. The van der Waals surface area contributed by atoms with E-state index < -0.39 is 0 Å². The van der Waals surface area contributed by atoms with Gasteiger partial charge in [0.15, 0.2) is 5.82 Å². The van der Waals surface area contributed by atoms with Gasteiger partial charge in [-0.2, -0.15) is 5.10 Å². The number of rotatable bonds is 5. The smallest absolute Gasteiger partial charge is 0.223 e. The number of aromatic nitrogens is 3. The Hall–Kier alpha value is -2.21. The highest BCUT2D eigenvalue weighted by Gasteiger charge is 2.25. The molecule has 0 atom stereocenters. The summed E-state index contributed by atoms with van der Waals surface area (Å²) in [5.74, 6) is 2.27. The van der Waals surface area contributed by atoms with Gasteiger partial charge >= 0.3 is 0 Å². The molecule has 2 heterocycles. The van der Waals surface area contributed by atoms with Gasteiger partial charge in [0.05, 0.1) is 0 Å². The third kappa shape index (κ3) is 3.76. The van der Waals surface area contributed by atoms with E-state index in [1.54, 1.807) is 0 Å². The largest absolute Gasteiger partial charge is 0.343 e. The van der Waals surface area contributed by atoms with E-state index in [0.717, 1.165) is 49.7 Å². The number of piperidine rings is 1. The van der Waals surface area contributed by atoms with Crippen LogP contribution in [0.2, 0.25) is 0 Å². The Kier molecular flexibility index (Phi) is 5.02. The molecule has 6 nitrogen and oxygen atoms in total. The molecular formula is C17H23N5O. The monoisotopic (exact) mass is 313 g/mol. The lowest BCUT2D eigenvalue weighted by Crippen LogP contribution is -2.39. The maximum absolute atomic E-state index is 12.0. The van der Waals surface area contributed by atoms with Crippen molar-refractivity contribution in [3.05, 3.63) is 36.2 Å². The van der Waals surface area contributed by atoms with Gasteiger partial charge in [0.1, 0.15) is 5.82 Å². The third-order valence-corrected chi connectivity index (χ3v) is 4.36. The first-order valence-electron chi connectivity index (χ1n) is 8.18. The van der Waals surface area contributed by atoms with Crippen LogP contribution < -0.4 is 5.32 Å². The molecule has 3 rings (SSSR count). The molecule has 1 fully saturated rings. The summed E-state index contributed by atoms with van der Waals surface area (Å²) in [5.41, 5.74) is 1.02. The van der Waals surface area contributed by atoms with Crippen LogP contribution in [-0.4, -0.2) is 52.7 Å². The zero-order chi connectivity index (χ0) is 16.1. The maximum Gasteiger partial charge on any atom is 0.223 e. The van der Waals surface area contributed by atoms with Gasteiger partial charge in [-0.1, -0.05) is 30.3 Å². The maximum atomic E-state index is 12.0. The number of carbonyl (C=O) groups is 1. The van der Waals surface area contributed by atoms with Crippen molar-refractivity contribution in [2.75, 3.05) is 26.7 Å². The molecule has 0 spiro atoms. The molecule has 1 aromatic carbocycles. The number of likely N-dealkylation sites (tertiary alicyclic amines) is 1. The number of amides is 1. The molecule has 1 aromatic heterocycles. The first-order valence-corrected chi connectivity index (χ1v) is 8.18. The fourth-order valence-electron chi connectivity index (χ4n) is 2.97. The molecule has 0 saturated carbocycles. The summed E-state index contributed by atoms with van der Waals surface area (Å²) >= 11 is 0. The minimum absolute atomic E-state index is 0.236. The van der Waals surface area contributed by atoms with E-state index in [1.165, 1.54) is 0 Å². The van der Waals surface area contributed by atoms with Crippen molar-refractivity contribution in [3.63, 3.8) is 0 Å². The fourth-order valence-corrected chi connectivity index (χ4v) is 2.97. The highest BCUT2D eigenvalue weighted by Crippen LogP contribution is 2.27. The average molecular weight is 313 g/mol. The molecule has 23 heavy (non-hydrogen) atoms. The summed E-state index contributed by atoms with van der Waals surface area (Å²) in [6.45, 7) is 2.34. The van der Waals surface area contributed by atoms with Crippen molar-refractivity contribution in [1.82, 2.24) is 25.4 Å². The molecule has 2 N–H and O–H groups in total. The fraction of sp³-hybridized carbons (Fsp3) is 0.471. The van der Waals surface area contributed by atoms with Crippen molar-refractivity contribution in [3.8, 4) is 11.4 Å². The first kappa shape index (κ1) is 15.7. The van der Waals surface area contributed by atoms with Gasteiger partial charge in [0.2, 0.25) is 5.91 Å². The van der Waals surface area contributed by atoms with E-state index in [0.29, 0.717) is 12.3 Å². The summed E-state index contributed by atoms with van der Waals surface area (Å²) in [7, 11) is 1.87. The molecular weight excluding hydrogens is 290 g/mol. The summed E-state index contributed by atoms with van der Waals surface area (Å²) in [5, 5.41) is 10.4. The van der Waals surface area contributed by atoms with Crippen molar-refractivity contribution in [2.24, 2.45) is 0 Å². The number of H-pyrrole nitrogens is 1. The van der Waals surface area contributed by atoms with Crippen LogP contribution in [0.4, 0.5) is 0 Å². The summed E-state index contributed by atoms with van der Waals surface area (Å²) in [6, 6.07) is 9.98. The van der Waals surface area contributed by atoms with E-state index in [4.69, 9.17) is 0 Å². The van der Waals surface area contributed by atoms with E-state index in [9.17, 15) is 4.79 Å². The number of nitrogens with zero attached hydrogens (tertiary/aromatic N) is 3. The van der Waals surface area contributed by atoms with Gasteiger partial charge < -0.3 is 10.2 Å². The Bertz CT molecular complexity index is 631. The highest BCUT2D eigenvalue weighted by molar-refractivity contribution is 5.76. The SMILES string of the molecule is CNCCC(=O)N1CCC(c2nc(-c3ccccc3)n[nH]2)CC1. The van der Waals surface area contributed by atoms with Gasteiger partial charge in [0, 0.05) is 37.5 Å². The predicted octanol–water partition coefficient (Wildman–Crippen LogP) is 1.79. The van der Waals surface area contributed by atoms with Crippen LogP contribution in [0.5, 0.6) is 0 Å². The summed E-state index contributed by atoms with van der Waals surface area (Å²) in [6.07, 6.45) is 2.45. The van der Waals surface area contributed by atoms with E-state index in [1.807, 2.05) is 42.3 Å². The van der Waals surface area contributed by atoms with Crippen molar-refractivity contribution in [2.45, 2.75) is 25.2 Å². The van der Waals surface area contributed by atoms with Crippen molar-refractivity contribution >= 4 is 5.91 Å². The summed E-state index contributed by atoms with van der Waals surface area (Å²) in [4.78, 5) is 18.6. The van der Waals surface area contributed by atoms with E-state index in [-0.39, 0.29) is 5.91 Å². The molecule has 0 bridgehead atoms. The van der Waals surface area contributed by atoms with Crippen molar-refractivity contribution < 1.29 is 4.79 Å². The van der Waals surface area contributed by atoms with E-state index >= 15 is 0 Å². The Balaban J connectivity index is 1.58. The van der Waals surface area contributed by atoms with Gasteiger partial charge in [-0.05, 0) is 19.9 Å². The highest BCUT2D eigenvalue weighted by atomic mass is 16.2. The number of nitrogens with one attached hydrogen (secondary N) is 2. The topological polar surface area (TPSA) is 73.9 Å². The second-order valence-electron chi connectivity index (χ2n) is 5.92. The molecule has 2 aromatic rings.